The molecule has 2 unspecified atom stereocenters. The molecule has 1 amide bonds. The molecule has 1 aromatic rings. The molecule has 2 saturated heterocycles. The number of rotatable bonds is 2. The maximum absolute atomic E-state index is 12.1. The Hall–Kier alpha value is -0.840. The first kappa shape index (κ1) is 17.2. The zero-order valence-corrected chi connectivity index (χ0v) is 13.1. The van der Waals surface area contributed by atoms with Crippen LogP contribution in [0.3, 0.4) is 0 Å². The minimum atomic E-state index is -0.0370. The predicted octanol–water partition coefficient (Wildman–Crippen LogP) is 2.25. The van der Waals surface area contributed by atoms with Crippen LogP contribution >= 0.6 is 24.8 Å². The normalized spacial score (nSPS) is 27.1. The lowest BCUT2D eigenvalue weighted by molar-refractivity contribution is 0.0918. The summed E-state index contributed by atoms with van der Waals surface area (Å²) in [6, 6.07) is 7.06. The molecule has 2 aliphatic rings. The molecule has 0 radical (unpaired) electrons. The van der Waals surface area contributed by atoms with Crippen molar-refractivity contribution in [3.05, 3.63) is 29.6 Å². The average Bonchev–Trinajstić information content (AvgIpc) is 2.69. The number of carbonyl (C=O) groups is 1. The topological polar surface area (TPSA) is 54.0 Å². The second-order valence-electron chi connectivity index (χ2n) is 5.44. The summed E-state index contributed by atoms with van der Waals surface area (Å²) in [4.78, 5) is 16.4. The number of amides is 1. The van der Waals surface area contributed by atoms with Gasteiger partial charge in [0.15, 0.2) is 0 Å². The first-order valence-corrected chi connectivity index (χ1v) is 6.71. The van der Waals surface area contributed by atoms with Crippen molar-refractivity contribution in [3.8, 4) is 0 Å². The van der Waals surface area contributed by atoms with Crippen LogP contribution in [0.5, 0.6) is 0 Å². The number of fused-ring (bicyclic) bond motifs is 2. The first-order chi connectivity index (χ1) is 8.70. The molecule has 112 valence electrons. The van der Waals surface area contributed by atoms with Gasteiger partial charge in [-0.3, -0.25) is 4.79 Å². The Bertz CT molecular complexity index is 457. The summed E-state index contributed by atoms with van der Waals surface area (Å²) in [6.45, 7) is 1.90. The molecule has 0 spiro atoms. The van der Waals surface area contributed by atoms with Gasteiger partial charge in [0.25, 0.3) is 5.91 Å². The van der Waals surface area contributed by atoms with Gasteiger partial charge in [0.05, 0.1) is 0 Å². The lowest BCUT2D eigenvalue weighted by Gasteiger charge is -2.29. The van der Waals surface area contributed by atoms with Gasteiger partial charge in [-0.05, 0) is 44.7 Å². The molecule has 4 nitrogen and oxygen atoms in total. The van der Waals surface area contributed by atoms with Gasteiger partial charge in [-0.1, -0.05) is 6.07 Å². The SMILES string of the molecule is Cc1cccc(C(=O)NC2CC3CCC(C2)N3)n1.Cl.Cl. The zero-order chi connectivity index (χ0) is 12.5. The molecule has 0 aliphatic carbocycles. The van der Waals surface area contributed by atoms with Crippen molar-refractivity contribution in [2.75, 3.05) is 0 Å². The highest BCUT2D eigenvalue weighted by atomic mass is 35.5. The van der Waals surface area contributed by atoms with Crippen molar-refractivity contribution in [1.82, 2.24) is 15.6 Å². The Kier molecular flexibility index (Phi) is 6.24. The molecular weight excluding hydrogens is 297 g/mol. The van der Waals surface area contributed by atoms with Gasteiger partial charge in [-0.25, -0.2) is 4.98 Å². The summed E-state index contributed by atoms with van der Waals surface area (Å²) in [5.74, 6) is -0.0370. The highest BCUT2D eigenvalue weighted by Crippen LogP contribution is 2.26. The molecule has 2 atom stereocenters. The monoisotopic (exact) mass is 317 g/mol. The van der Waals surface area contributed by atoms with Crippen molar-refractivity contribution in [2.24, 2.45) is 0 Å². The van der Waals surface area contributed by atoms with Crippen LogP contribution < -0.4 is 10.6 Å². The average molecular weight is 318 g/mol. The first-order valence-electron chi connectivity index (χ1n) is 6.71. The van der Waals surface area contributed by atoms with E-state index in [4.69, 9.17) is 0 Å². The highest BCUT2D eigenvalue weighted by Gasteiger charge is 2.34. The Labute approximate surface area is 131 Å². The summed E-state index contributed by atoms with van der Waals surface area (Å²) in [7, 11) is 0. The molecule has 6 heteroatoms. The summed E-state index contributed by atoms with van der Waals surface area (Å²) in [5, 5.41) is 6.70. The molecule has 0 aromatic carbocycles. The number of carbonyl (C=O) groups excluding carboxylic acids is 1. The number of halogens is 2. The Balaban J connectivity index is 0.000001000. The van der Waals surface area contributed by atoms with E-state index in [1.165, 1.54) is 12.8 Å². The van der Waals surface area contributed by atoms with Crippen molar-refractivity contribution in [1.29, 1.82) is 0 Å². The van der Waals surface area contributed by atoms with Crippen LogP contribution in [0.4, 0.5) is 0 Å². The molecule has 2 aliphatic heterocycles. The van der Waals surface area contributed by atoms with E-state index in [0.29, 0.717) is 23.8 Å². The number of aryl methyl sites for hydroxylation is 1. The van der Waals surface area contributed by atoms with E-state index in [-0.39, 0.29) is 30.7 Å². The van der Waals surface area contributed by atoms with Crippen molar-refractivity contribution in [3.63, 3.8) is 0 Å². The number of hydrogen-bond acceptors (Lipinski definition) is 3. The van der Waals surface area contributed by atoms with Crippen LogP contribution in [0, 0.1) is 6.92 Å². The van der Waals surface area contributed by atoms with Crippen molar-refractivity contribution >= 4 is 30.7 Å². The number of nitrogens with one attached hydrogen (secondary N) is 2. The van der Waals surface area contributed by atoms with Gasteiger partial charge >= 0.3 is 0 Å². The van der Waals surface area contributed by atoms with E-state index < -0.39 is 0 Å². The van der Waals surface area contributed by atoms with Crippen molar-refractivity contribution in [2.45, 2.75) is 50.7 Å². The highest BCUT2D eigenvalue weighted by molar-refractivity contribution is 5.92. The van der Waals surface area contributed by atoms with E-state index >= 15 is 0 Å². The molecule has 20 heavy (non-hydrogen) atoms. The quantitative estimate of drug-likeness (QED) is 0.879. The lowest BCUT2D eigenvalue weighted by Crippen LogP contribution is -2.48. The maximum Gasteiger partial charge on any atom is 0.270 e. The van der Waals surface area contributed by atoms with Gasteiger partial charge in [0.2, 0.25) is 0 Å². The summed E-state index contributed by atoms with van der Waals surface area (Å²) < 4.78 is 0. The lowest BCUT2D eigenvalue weighted by atomic mass is 10.00. The zero-order valence-electron chi connectivity index (χ0n) is 11.5. The summed E-state index contributed by atoms with van der Waals surface area (Å²) in [6.07, 6.45) is 4.60. The predicted molar refractivity (Wildman–Crippen MR) is 83.9 cm³/mol. The second-order valence-corrected chi connectivity index (χ2v) is 5.44. The standard InChI is InChI=1S/C14H19N3O.2ClH/c1-9-3-2-4-13(15-9)14(18)17-12-7-10-5-6-11(8-12)16-10;;/h2-4,10-12,16H,5-8H2,1H3,(H,17,18);2*1H. The fraction of sp³-hybridized carbons (Fsp3) is 0.571. The van der Waals surface area contributed by atoms with Crippen molar-refractivity contribution < 1.29 is 4.79 Å². The van der Waals surface area contributed by atoms with E-state index in [1.807, 2.05) is 19.1 Å². The molecule has 2 bridgehead atoms. The smallest absolute Gasteiger partial charge is 0.270 e. The molecule has 0 saturated carbocycles. The van der Waals surface area contributed by atoms with Crippen LogP contribution in [-0.4, -0.2) is 29.0 Å². The van der Waals surface area contributed by atoms with Gasteiger partial charge in [-0.2, -0.15) is 0 Å². The Morgan fingerprint density at radius 3 is 2.50 bits per heavy atom. The van der Waals surface area contributed by atoms with Crippen LogP contribution in [0.1, 0.15) is 41.9 Å². The third-order valence-corrected chi connectivity index (χ3v) is 3.93. The fourth-order valence-electron chi connectivity index (χ4n) is 3.10. The van der Waals surface area contributed by atoms with E-state index in [2.05, 4.69) is 15.6 Å². The van der Waals surface area contributed by atoms with E-state index in [9.17, 15) is 4.79 Å². The van der Waals surface area contributed by atoms with Crippen LogP contribution in [-0.2, 0) is 0 Å². The Morgan fingerprint density at radius 1 is 1.25 bits per heavy atom. The minimum absolute atomic E-state index is 0. The summed E-state index contributed by atoms with van der Waals surface area (Å²) in [5.41, 5.74) is 1.41. The van der Waals surface area contributed by atoms with Gasteiger partial charge < -0.3 is 10.6 Å². The van der Waals surface area contributed by atoms with Crippen LogP contribution in [0.25, 0.3) is 0 Å². The largest absolute Gasteiger partial charge is 0.348 e. The summed E-state index contributed by atoms with van der Waals surface area (Å²) >= 11 is 0. The molecular formula is C14H21Cl2N3O. The molecule has 3 heterocycles. The fourth-order valence-corrected chi connectivity index (χ4v) is 3.10. The number of piperidine rings is 1. The van der Waals surface area contributed by atoms with E-state index in [0.717, 1.165) is 18.5 Å². The second kappa shape index (κ2) is 7.25. The van der Waals surface area contributed by atoms with Crippen LogP contribution in [0.2, 0.25) is 0 Å². The molecule has 3 rings (SSSR count). The third kappa shape index (κ3) is 3.84. The van der Waals surface area contributed by atoms with Gasteiger partial charge in [-0.15, -0.1) is 24.8 Å². The van der Waals surface area contributed by atoms with Gasteiger partial charge in [0.1, 0.15) is 5.69 Å². The van der Waals surface area contributed by atoms with Gasteiger partial charge in [0, 0.05) is 23.8 Å². The third-order valence-electron chi connectivity index (χ3n) is 3.93. The minimum Gasteiger partial charge on any atom is -0.348 e. The van der Waals surface area contributed by atoms with E-state index in [1.54, 1.807) is 6.07 Å². The van der Waals surface area contributed by atoms with Crippen LogP contribution in [0.15, 0.2) is 18.2 Å². The molecule has 1 aromatic heterocycles. The maximum atomic E-state index is 12.1. The number of hydrogen-bond donors (Lipinski definition) is 2. The molecule has 2 fully saturated rings. The molecule has 2 N–H and O–H groups in total. The number of aromatic nitrogens is 1. The Morgan fingerprint density at radius 2 is 1.90 bits per heavy atom. The number of pyridine rings is 1. The number of nitrogens with zero attached hydrogens (tertiary/aromatic N) is 1.